The highest BCUT2D eigenvalue weighted by Crippen LogP contribution is 2.50. The number of halogens is 2. The number of pyridine rings is 1. The van der Waals surface area contributed by atoms with Gasteiger partial charge in [-0.1, -0.05) is 45.0 Å². The summed E-state index contributed by atoms with van der Waals surface area (Å²) in [7, 11) is -3.84. The molecule has 2 aromatic carbocycles. The number of ether oxygens (including phenoxy) is 2. The molecule has 1 N–H and O–H groups in total. The molecule has 6 rings (SSSR count). The van der Waals surface area contributed by atoms with Crippen molar-refractivity contribution in [1.82, 2.24) is 14.2 Å². The van der Waals surface area contributed by atoms with Crippen molar-refractivity contribution in [1.29, 1.82) is 0 Å². The van der Waals surface area contributed by atoms with Crippen LogP contribution < -0.4 is 15.0 Å². The zero-order chi connectivity index (χ0) is 35.2. The number of hydrogen-bond donors (Lipinski definition) is 1. The van der Waals surface area contributed by atoms with Gasteiger partial charge in [0.2, 0.25) is 11.2 Å². The van der Waals surface area contributed by atoms with E-state index in [0.29, 0.717) is 5.56 Å². The number of amides is 1. The van der Waals surface area contributed by atoms with Crippen LogP contribution in [0.25, 0.3) is 0 Å². The number of nitrogens with zero attached hydrogens (tertiary/aromatic N) is 4. The van der Waals surface area contributed by atoms with Crippen LogP contribution >= 0.6 is 19.5 Å². The summed E-state index contributed by atoms with van der Waals surface area (Å²) >= 11 is 1.34. The third-order valence-corrected chi connectivity index (χ3v) is 11.7. The lowest BCUT2D eigenvalue weighted by atomic mass is 9.93. The van der Waals surface area contributed by atoms with Gasteiger partial charge in [-0.05, 0) is 35.6 Å². The van der Waals surface area contributed by atoms with Crippen LogP contribution in [0.4, 0.5) is 8.78 Å². The fraction of sp³-hybridized carbons (Fsp3) is 0.424. The van der Waals surface area contributed by atoms with Crippen LogP contribution in [0.5, 0.6) is 5.75 Å². The number of fused-ring (bicyclic) bond motifs is 4. The number of thioether (sulfide) groups is 1. The van der Waals surface area contributed by atoms with Crippen molar-refractivity contribution in [2.45, 2.75) is 56.1 Å². The Labute approximate surface area is 286 Å². The summed E-state index contributed by atoms with van der Waals surface area (Å²) in [4.78, 5) is 54.4. The fourth-order valence-electron chi connectivity index (χ4n) is 6.73. The first kappa shape index (κ1) is 35.1. The van der Waals surface area contributed by atoms with Crippen molar-refractivity contribution in [3.8, 4) is 5.75 Å². The highest BCUT2D eigenvalue weighted by atomic mass is 32.2. The topological polar surface area (TPSA) is 131 Å². The lowest BCUT2D eigenvalue weighted by molar-refractivity contribution is -0.146. The Morgan fingerprint density at radius 3 is 2.63 bits per heavy atom. The number of likely N-dealkylation sites (N-methyl/N-ethyl adjacent to an activating group) is 1. The van der Waals surface area contributed by atoms with E-state index in [1.54, 1.807) is 11.9 Å². The molecule has 0 spiro atoms. The molecule has 49 heavy (non-hydrogen) atoms. The SMILES string of the molecule is CCN([C@@H](CC(C)C)C(=O)OC)P(=O)(O)Oc1c2n(ccc1=O)N([C@@H]1c3ccccc3SCc3c1ccc(F)c3F)[C@@H]1COCCN1C2=O. The van der Waals surface area contributed by atoms with E-state index in [0.717, 1.165) is 27.3 Å². The van der Waals surface area contributed by atoms with Crippen molar-refractivity contribution in [2.24, 2.45) is 5.92 Å². The minimum Gasteiger partial charge on any atom is -0.468 e. The number of carbonyl (C=O) groups is 2. The standard InChI is InChI=1S/C33H37F2N4O8PS/c1-5-38(24(16-19(2)3)33(42)45-4)48(43,44)47-31-25(40)12-13-37-30(31)32(41)36-14-15-46-17-27(36)39(37)29-20-10-11-23(34)28(35)22(20)18-49-26-9-7-6-8-21(26)29/h6-13,19,24,27,29H,5,14-18H2,1-4H3,(H,43,44)/t24-,27+,29-/m0/s1. The normalized spacial score (nSPS) is 20.5. The zero-order valence-electron chi connectivity index (χ0n) is 27.4. The molecule has 12 nitrogen and oxygen atoms in total. The lowest BCUT2D eigenvalue weighted by Gasteiger charge is -2.51. The van der Waals surface area contributed by atoms with Crippen LogP contribution in [0.15, 0.2) is 58.4 Å². The quantitative estimate of drug-likeness (QED) is 0.245. The molecule has 1 aromatic heterocycles. The molecule has 0 aliphatic carbocycles. The van der Waals surface area contributed by atoms with E-state index in [-0.39, 0.29) is 55.7 Å². The molecule has 0 bridgehead atoms. The van der Waals surface area contributed by atoms with Crippen LogP contribution in [0.3, 0.4) is 0 Å². The Hall–Kier alpha value is -3.75. The van der Waals surface area contributed by atoms with Gasteiger partial charge in [0.15, 0.2) is 17.3 Å². The maximum Gasteiger partial charge on any atom is 0.459 e. The second-order valence-corrected chi connectivity index (χ2v) is 15.0. The molecule has 262 valence electrons. The van der Waals surface area contributed by atoms with E-state index in [2.05, 4.69) is 0 Å². The van der Waals surface area contributed by atoms with Crippen LogP contribution in [0.2, 0.25) is 0 Å². The molecular formula is C33H37F2N4O8PS. The van der Waals surface area contributed by atoms with E-state index >= 15 is 4.39 Å². The van der Waals surface area contributed by atoms with Crippen LogP contribution in [-0.4, -0.2) is 76.6 Å². The Balaban J connectivity index is 1.56. The Morgan fingerprint density at radius 2 is 1.92 bits per heavy atom. The molecule has 1 saturated heterocycles. The Morgan fingerprint density at radius 1 is 1.16 bits per heavy atom. The van der Waals surface area contributed by atoms with Gasteiger partial charge in [-0.3, -0.25) is 24.1 Å². The molecule has 0 radical (unpaired) electrons. The van der Waals surface area contributed by atoms with Gasteiger partial charge in [0.25, 0.3) is 5.91 Å². The fourth-order valence-corrected chi connectivity index (χ4v) is 9.26. The molecule has 1 fully saturated rings. The predicted octanol–water partition coefficient (Wildman–Crippen LogP) is 4.66. The number of aromatic nitrogens is 1. The number of esters is 1. The first-order valence-electron chi connectivity index (χ1n) is 15.9. The summed E-state index contributed by atoms with van der Waals surface area (Å²) in [6.07, 6.45) is 0.719. The van der Waals surface area contributed by atoms with Gasteiger partial charge in [0.1, 0.15) is 12.2 Å². The molecule has 0 saturated carbocycles. The summed E-state index contributed by atoms with van der Waals surface area (Å²) in [6.45, 7) is 5.42. The van der Waals surface area contributed by atoms with E-state index < -0.39 is 60.7 Å². The minimum absolute atomic E-state index is 0.0381. The van der Waals surface area contributed by atoms with Gasteiger partial charge in [0, 0.05) is 41.6 Å². The second-order valence-electron chi connectivity index (χ2n) is 12.3. The lowest BCUT2D eigenvalue weighted by Crippen LogP contribution is -2.66. The number of rotatable bonds is 9. The Bertz CT molecular complexity index is 1890. The zero-order valence-corrected chi connectivity index (χ0v) is 29.1. The van der Waals surface area contributed by atoms with E-state index in [1.807, 2.05) is 38.1 Å². The van der Waals surface area contributed by atoms with Gasteiger partial charge >= 0.3 is 13.7 Å². The van der Waals surface area contributed by atoms with Gasteiger partial charge in [-0.25, -0.2) is 13.3 Å². The maximum atomic E-state index is 15.5. The number of carbonyl (C=O) groups excluding carboxylic acids is 2. The number of benzene rings is 2. The molecule has 4 atom stereocenters. The van der Waals surface area contributed by atoms with Gasteiger partial charge < -0.3 is 23.8 Å². The average Bonchev–Trinajstić information content (AvgIpc) is 3.24. The van der Waals surface area contributed by atoms with E-state index in [9.17, 15) is 28.2 Å². The van der Waals surface area contributed by atoms with Crippen LogP contribution in [0, 0.1) is 17.6 Å². The molecule has 16 heteroatoms. The van der Waals surface area contributed by atoms with Crippen LogP contribution in [0.1, 0.15) is 60.4 Å². The van der Waals surface area contributed by atoms with Crippen LogP contribution in [-0.2, 0) is 24.6 Å². The van der Waals surface area contributed by atoms with Crippen molar-refractivity contribution in [2.75, 3.05) is 38.4 Å². The van der Waals surface area contributed by atoms with Gasteiger partial charge in [-0.15, -0.1) is 11.8 Å². The molecule has 4 heterocycles. The number of hydrogen-bond acceptors (Lipinski definition) is 9. The molecule has 1 unspecified atom stereocenters. The Kier molecular flexibility index (Phi) is 9.93. The van der Waals surface area contributed by atoms with Gasteiger partial charge in [0.05, 0.1) is 26.4 Å². The molecule has 3 aliphatic rings. The summed E-state index contributed by atoms with van der Waals surface area (Å²) < 4.78 is 63.0. The molecular weight excluding hydrogens is 681 g/mol. The third-order valence-electron chi connectivity index (χ3n) is 8.92. The van der Waals surface area contributed by atoms with Crippen molar-refractivity contribution >= 4 is 31.4 Å². The van der Waals surface area contributed by atoms with Crippen molar-refractivity contribution in [3.05, 3.63) is 92.9 Å². The number of methoxy groups -OCH3 is 1. The maximum absolute atomic E-state index is 15.5. The van der Waals surface area contributed by atoms with E-state index in [4.69, 9.17) is 14.0 Å². The average molecular weight is 719 g/mol. The summed E-state index contributed by atoms with van der Waals surface area (Å²) in [5, 5.41) is 1.74. The van der Waals surface area contributed by atoms with Crippen molar-refractivity contribution in [3.63, 3.8) is 0 Å². The molecule has 3 aliphatic heterocycles. The molecule has 3 aromatic rings. The first-order valence-corrected chi connectivity index (χ1v) is 18.4. The highest BCUT2D eigenvalue weighted by molar-refractivity contribution is 7.98. The summed E-state index contributed by atoms with van der Waals surface area (Å²) in [5.74, 6) is -4.04. The third kappa shape index (κ3) is 6.27. The summed E-state index contributed by atoms with van der Waals surface area (Å²) in [6, 6.07) is 9.02. The predicted molar refractivity (Wildman–Crippen MR) is 177 cm³/mol. The first-order chi connectivity index (χ1) is 23.4. The highest BCUT2D eigenvalue weighted by Gasteiger charge is 2.48. The van der Waals surface area contributed by atoms with Crippen molar-refractivity contribution < 1.29 is 41.8 Å². The monoisotopic (exact) mass is 718 g/mol. The van der Waals surface area contributed by atoms with E-state index in [1.165, 1.54) is 40.7 Å². The molecule has 1 amide bonds. The largest absolute Gasteiger partial charge is 0.468 e. The van der Waals surface area contributed by atoms with Gasteiger partial charge in [-0.2, -0.15) is 4.67 Å². The minimum atomic E-state index is -5.01. The second kappa shape index (κ2) is 13.9. The summed E-state index contributed by atoms with van der Waals surface area (Å²) in [5.41, 5.74) is 0.114. The number of morpholine rings is 1. The smallest absolute Gasteiger partial charge is 0.459 e.